The van der Waals surface area contributed by atoms with E-state index in [2.05, 4.69) is 22.2 Å². The van der Waals surface area contributed by atoms with E-state index in [4.69, 9.17) is 16.7 Å². The van der Waals surface area contributed by atoms with Crippen LogP contribution in [0.15, 0.2) is 107 Å². The highest BCUT2D eigenvalue weighted by Gasteiger charge is 2.14. The molecule has 5 rings (SSSR count). The molecule has 2 aromatic carbocycles. The summed E-state index contributed by atoms with van der Waals surface area (Å²) < 4.78 is 3.65. The van der Waals surface area contributed by atoms with Gasteiger partial charge < -0.3 is 0 Å². The summed E-state index contributed by atoms with van der Waals surface area (Å²) in [7, 11) is 0. The molecule has 0 N–H and O–H groups in total. The van der Waals surface area contributed by atoms with Crippen molar-refractivity contribution in [3.63, 3.8) is 0 Å². The van der Waals surface area contributed by atoms with Gasteiger partial charge in [0.25, 0.3) is 0 Å². The number of nitrogens with zero attached hydrogens (tertiary/aromatic N) is 5. The summed E-state index contributed by atoms with van der Waals surface area (Å²) in [6.07, 6.45) is 7.47. The van der Waals surface area contributed by atoms with Crippen LogP contribution in [0.3, 0.4) is 0 Å². The third kappa shape index (κ3) is 3.87. The van der Waals surface area contributed by atoms with Crippen molar-refractivity contribution < 1.29 is 0 Å². The Morgan fingerprint density at radius 2 is 1.63 bits per heavy atom. The molecule has 0 unspecified atom stereocenters. The molecular formula is C23H16ClN5S. The van der Waals surface area contributed by atoms with Gasteiger partial charge in [0.2, 0.25) is 0 Å². The lowest BCUT2D eigenvalue weighted by molar-refractivity contribution is 0.849. The Kier molecular flexibility index (Phi) is 5.09. The van der Waals surface area contributed by atoms with Gasteiger partial charge in [-0.15, -0.1) is 0 Å². The van der Waals surface area contributed by atoms with Crippen molar-refractivity contribution in [2.75, 3.05) is 0 Å². The van der Waals surface area contributed by atoms with Gasteiger partial charge in [-0.25, -0.2) is 14.3 Å². The highest BCUT2D eigenvalue weighted by Crippen LogP contribution is 2.36. The number of rotatable bonds is 5. The fourth-order valence-electron chi connectivity index (χ4n) is 3.06. The normalized spacial score (nSPS) is 11.0. The number of hydrogen-bond donors (Lipinski definition) is 0. The SMILES string of the molecule is Clc1ccc(Sc2cn(-c3ccccn3)nc2-c2ccc(-n3cccn3)cc2)cc1. The molecule has 0 aliphatic carbocycles. The van der Waals surface area contributed by atoms with E-state index in [-0.39, 0.29) is 0 Å². The fraction of sp³-hybridized carbons (Fsp3) is 0. The molecule has 0 amide bonds. The van der Waals surface area contributed by atoms with Gasteiger partial charge in [0.1, 0.15) is 5.69 Å². The summed E-state index contributed by atoms with van der Waals surface area (Å²) in [5.74, 6) is 0.773. The topological polar surface area (TPSA) is 48.5 Å². The van der Waals surface area contributed by atoms with Crippen LogP contribution in [0.25, 0.3) is 22.8 Å². The van der Waals surface area contributed by atoms with Crippen LogP contribution in [0, 0.1) is 0 Å². The van der Waals surface area contributed by atoms with Crippen LogP contribution < -0.4 is 0 Å². The Morgan fingerprint density at radius 1 is 0.800 bits per heavy atom. The Balaban J connectivity index is 1.55. The summed E-state index contributed by atoms with van der Waals surface area (Å²) in [6.45, 7) is 0. The van der Waals surface area contributed by atoms with Gasteiger partial charge in [-0.3, -0.25) is 0 Å². The minimum atomic E-state index is 0.720. The predicted octanol–water partition coefficient (Wildman–Crippen LogP) is 5.92. The van der Waals surface area contributed by atoms with Crippen molar-refractivity contribution in [2.45, 2.75) is 9.79 Å². The lowest BCUT2D eigenvalue weighted by Crippen LogP contribution is -1.97. The van der Waals surface area contributed by atoms with Crippen LogP contribution in [-0.4, -0.2) is 24.5 Å². The Labute approximate surface area is 183 Å². The highest BCUT2D eigenvalue weighted by atomic mass is 35.5. The molecule has 0 bridgehead atoms. The zero-order valence-electron chi connectivity index (χ0n) is 15.8. The van der Waals surface area contributed by atoms with Gasteiger partial charge in [-0.2, -0.15) is 10.2 Å². The molecule has 0 saturated carbocycles. The van der Waals surface area contributed by atoms with E-state index in [1.54, 1.807) is 24.2 Å². The molecule has 0 aliphatic heterocycles. The molecule has 146 valence electrons. The van der Waals surface area contributed by atoms with Gasteiger partial charge in [-0.1, -0.05) is 41.6 Å². The van der Waals surface area contributed by atoms with E-state index < -0.39 is 0 Å². The summed E-state index contributed by atoms with van der Waals surface area (Å²) in [5, 5.41) is 9.85. The molecule has 0 spiro atoms. The van der Waals surface area contributed by atoms with Crippen LogP contribution >= 0.6 is 23.4 Å². The maximum Gasteiger partial charge on any atom is 0.153 e. The fourth-order valence-corrected chi connectivity index (χ4v) is 4.12. The minimum absolute atomic E-state index is 0.720. The Hall–Kier alpha value is -3.35. The average molecular weight is 430 g/mol. The van der Waals surface area contributed by atoms with E-state index >= 15 is 0 Å². The quantitative estimate of drug-likeness (QED) is 0.347. The first-order valence-corrected chi connectivity index (χ1v) is 10.5. The molecule has 5 nitrogen and oxygen atoms in total. The van der Waals surface area contributed by atoms with Crippen molar-refractivity contribution in [3.05, 3.63) is 103 Å². The molecule has 0 radical (unpaired) electrons. The van der Waals surface area contributed by atoms with Crippen LogP contribution in [0.2, 0.25) is 5.02 Å². The predicted molar refractivity (Wildman–Crippen MR) is 119 cm³/mol. The maximum absolute atomic E-state index is 6.04. The Morgan fingerprint density at radius 3 is 2.33 bits per heavy atom. The van der Waals surface area contributed by atoms with Crippen LogP contribution in [-0.2, 0) is 0 Å². The minimum Gasteiger partial charge on any atom is -0.241 e. The van der Waals surface area contributed by atoms with Crippen molar-refractivity contribution in [2.24, 2.45) is 0 Å². The molecule has 5 aromatic rings. The summed E-state index contributed by atoms with van der Waals surface area (Å²) in [6, 6.07) is 23.7. The molecule has 30 heavy (non-hydrogen) atoms. The molecule has 7 heteroatoms. The van der Waals surface area contributed by atoms with Crippen molar-refractivity contribution in [1.82, 2.24) is 24.5 Å². The average Bonchev–Trinajstić information content (AvgIpc) is 3.47. The molecule has 3 aromatic heterocycles. The summed E-state index contributed by atoms with van der Waals surface area (Å²) in [5.41, 5.74) is 2.92. The highest BCUT2D eigenvalue weighted by molar-refractivity contribution is 7.99. The molecule has 0 saturated heterocycles. The van der Waals surface area contributed by atoms with Crippen molar-refractivity contribution in [1.29, 1.82) is 0 Å². The van der Waals surface area contributed by atoms with Gasteiger partial charge in [0.15, 0.2) is 5.82 Å². The standard InChI is InChI=1S/C23H16ClN5S/c24-18-7-11-20(12-8-18)30-21-16-29(22-4-1-2-13-25-22)27-23(21)17-5-9-19(10-6-17)28-15-3-14-26-28/h1-16H. The van der Waals surface area contributed by atoms with Gasteiger partial charge in [-0.05, 0) is 54.6 Å². The van der Waals surface area contributed by atoms with E-state index in [0.29, 0.717) is 0 Å². The second kappa shape index (κ2) is 8.18. The zero-order valence-corrected chi connectivity index (χ0v) is 17.3. The molecular weight excluding hydrogens is 414 g/mol. The second-order valence-electron chi connectivity index (χ2n) is 6.53. The van der Waals surface area contributed by atoms with E-state index in [1.165, 1.54) is 0 Å². The summed E-state index contributed by atoms with van der Waals surface area (Å²) >= 11 is 7.69. The zero-order chi connectivity index (χ0) is 20.3. The van der Waals surface area contributed by atoms with Crippen molar-refractivity contribution in [3.8, 4) is 22.8 Å². The van der Waals surface area contributed by atoms with Crippen molar-refractivity contribution >= 4 is 23.4 Å². The largest absolute Gasteiger partial charge is 0.241 e. The third-order valence-electron chi connectivity index (χ3n) is 4.52. The van der Waals surface area contributed by atoms with E-state index in [9.17, 15) is 0 Å². The van der Waals surface area contributed by atoms with Gasteiger partial charge >= 0.3 is 0 Å². The number of halogens is 1. The second-order valence-corrected chi connectivity index (χ2v) is 8.08. The van der Waals surface area contributed by atoms with E-state index in [1.807, 2.05) is 82.4 Å². The number of pyridine rings is 1. The van der Waals surface area contributed by atoms with Crippen LogP contribution in [0.5, 0.6) is 0 Å². The summed E-state index contributed by atoms with van der Waals surface area (Å²) in [4.78, 5) is 6.55. The molecule has 0 atom stereocenters. The lowest BCUT2D eigenvalue weighted by atomic mass is 10.1. The van der Waals surface area contributed by atoms with Crippen LogP contribution in [0.1, 0.15) is 0 Å². The number of hydrogen-bond acceptors (Lipinski definition) is 4. The van der Waals surface area contributed by atoms with E-state index in [0.717, 1.165) is 37.6 Å². The number of aromatic nitrogens is 5. The van der Waals surface area contributed by atoms with Gasteiger partial charge in [0, 0.05) is 40.3 Å². The van der Waals surface area contributed by atoms with Gasteiger partial charge in [0.05, 0.1) is 10.6 Å². The first-order valence-electron chi connectivity index (χ1n) is 9.31. The van der Waals surface area contributed by atoms with Crippen LogP contribution in [0.4, 0.5) is 0 Å². The monoisotopic (exact) mass is 429 g/mol. The lowest BCUT2D eigenvalue weighted by Gasteiger charge is -2.05. The Bertz CT molecular complexity index is 1250. The number of benzene rings is 2. The molecule has 0 aliphatic rings. The third-order valence-corrected chi connectivity index (χ3v) is 5.79. The maximum atomic E-state index is 6.04. The molecule has 3 heterocycles. The molecule has 0 fully saturated rings. The smallest absolute Gasteiger partial charge is 0.153 e. The first kappa shape index (κ1) is 18.7. The first-order chi connectivity index (χ1) is 14.8.